The van der Waals surface area contributed by atoms with Gasteiger partial charge in [0, 0.05) is 32.6 Å². The van der Waals surface area contributed by atoms with Gasteiger partial charge in [0.2, 0.25) is 0 Å². The van der Waals surface area contributed by atoms with Gasteiger partial charge in [-0.2, -0.15) is 0 Å². The number of hydrogen-bond donors (Lipinski definition) is 0. The summed E-state index contributed by atoms with van der Waals surface area (Å²) >= 11 is 0. The van der Waals surface area contributed by atoms with Crippen molar-refractivity contribution >= 4 is 5.78 Å². The molecule has 3 aliphatic rings. The smallest absolute Gasteiger partial charge is 0.163 e. The Kier molecular flexibility index (Phi) is 8.62. The molecule has 0 unspecified atom stereocenters. The zero-order valence-electron chi connectivity index (χ0n) is 20.0. The quantitative estimate of drug-likeness (QED) is 0.478. The van der Waals surface area contributed by atoms with Gasteiger partial charge in [0.05, 0.1) is 13.0 Å². The number of methoxy groups -OCH3 is 2. The molecule has 5 nitrogen and oxygen atoms in total. The summed E-state index contributed by atoms with van der Waals surface area (Å²) in [5.41, 5.74) is 3.02. The molecule has 0 spiro atoms. The molecule has 4 rings (SSSR count). The molecule has 2 aliphatic heterocycles. The van der Waals surface area contributed by atoms with Crippen LogP contribution in [0.4, 0.5) is 0 Å². The number of hydrogen-bond acceptors (Lipinski definition) is 5. The molecule has 1 aromatic rings. The molecule has 0 bridgehead atoms. The van der Waals surface area contributed by atoms with Crippen molar-refractivity contribution < 1.29 is 19.0 Å². The maximum Gasteiger partial charge on any atom is 0.163 e. The highest BCUT2D eigenvalue weighted by atomic mass is 16.7. The average molecular weight is 444 g/mol. The number of fused-ring (bicyclic) bond motifs is 1. The number of benzene rings is 1. The fourth-order valence-corrected chi connectivity index (χ4v) is 6.04. The number of carbonyl (C=O) groups excluding carboxylic acids is 1. The van der Waals surface area contributed by atoms with Crippen LogP contribution in [0.25, 0.3) is 0 Å². The normalized spacial score (nSPS) is 24.5. The van der Waals surface area contributed by atoms with Crippen LogP contribution in [0.3, 0.4) is 0 Å². The fraction of sp³-hybridized carbons (Fsp3) is 0.741. The summed E-state index contributed by atoms with van der Waals surface area (Å²) in [6, 6.07) is 6.63. The number of ether oxygens (including phenoxy) is 3. The molecule has 0 radical (unpaired) electrons. The van der Waals surface area contributed by atoms with Crippen molar-refractivity contribution in [2.75, 3.05) is 40.5 Å². The first-order valence-corrected chi connectivity index (χ1v) is 12.7. The summed E-state index contributed by atoms with van der Waals surface area (Å²) in [6.07, 6.45) is 10.6. The molecule has 0 atom stereocenters. The Morgan fingerprint density at radius 2 is 1.78 bits per heavy atom. The van der Waals surface area contributed by atoms with Gasteiger partial charge >= 0.3 is 0 Å². The summed E-state index contributed by atoms with van der Waals surface area (Å²) in [4.78, 5) is 15.0. The third-order valence-corrected chi connectivity index (χ3v) is 8.06. The second-order valence-corrected chi connectivity index (χ2v) is 10.1. The van der Waals surface area contributed by atoms with Gasteiger partial charge in [-0.25, -0.2) is 0 Å². The number of rotatable bonds is 10. The number of piperidine rings is 1. The Labute approximate surface area is 193 Å². The van der Waals surface area contributed by atoms with Crippen LogP contribution in [0.1, 0.15) is 74.8 Å². The lowest BCUT2D eigenvalue weighted by atomic mass is 9.78. The van der Waals surface area contributed by atoms with Crippen LogP contribution in [0.2, 0.25) is 0 Å². The minimum Gasteiger partial charge on any atom is -0.493 e. The summed E-state index contributed by atoms with van der Waals surface area (Å²) in [6.45, 7) is 4.53. The van der Waals surface area contributed by atoms with E-state index in [1.54, 1.807) is 19.8 Å². The first kappa shape index (κ1) is 23.7. The van der Waals surface area contributed by atoms with Gasteiger partial charge in [0.15, 0.2) is 6.29 Å². The van der Waals surface area contributed by atoms with Gasteiger partial charge in [-0.05, 0) is 81.1 Å². The van der Waals surface area contributed by atoms with E-state index in [1.807, 2.05) is 0 Å². The molecule has 5 heteroatoms. The Morgan fingerprint density at radius 1 is 1.06 bits per heavy atom. The van der Waals surface area contributed by atoms with Crippen molar-refractivity contribution in [3.8, 4) is 5.75 Å². The number of Topliss-reactive ketones (excluding diaryl/α,β-unsaturated/α-hetero) is 1. The van der Waals surface area contributed by atoms with Crippen LogP contribution in [0.15, 0.2) is 18.2 Å². The van der Waals surface area contributed by atoms with Gasteiger partial charge in [-0.15, -0.1) is 0 Å². The molecule has 0 N–H and O–H groups in total. The van der Waals surface area contributed by atoms with Gasteiger partial charge in [0.25, 0.3) is 0 Å². The number of likely N-dealkylation sites (tertiary alicyclic amines) is 1. The zero-order valence-corrected chi connectivity index (χ0v) is 20.0. The zero-order chi connectivity index (χ0) is 22.3. The third kappa shape index (κ3) is 6.12. The van der Waals surface area contributed by atoms with Gasteiger partial charge in [0.1, 0.15) is 11.5 Å². The van der Waals surface area contributed by atoms with E-state index in [0.717, 1.165) is 24.7 Å². The standard InChI is InChI=1S/C27H41NO4/c1-30-27(31-2)19-23(29)18-21-8-6-20(7-9-21)10-14-28-15-11-22(12-16-28)24-4-3-5-26-25(24)13-17-32-26/h3-5,20-22,27H,6-19H2,1-2H3. The number of ketones is 1. The lowest BCUT2D eigenvalue weighted by Crippen LogP contribution is -2.35. The highest BCUT2D eigenvalue weighted by Crippen LogP contribution is 2.38. The first-order valence-electron chi connectivity index (χ1n) is 12.7. The van der Waals surface area contributed by atoms with Crippen LogP contribution in [-0.4, -0.2) is 57.4 Å². The van der Waals surface area contributed by atoms with E-state index in [2.05, 4.69) is 23.1 Å². The Bertz CT molecular complexity index is 731. The van der Waals surface area contributed by atoms with Crippen molar-refractivity contribution in [2.24, 2.45) is 11.8 Å². The largest absolute Gasteiger partial charge is 0.493 e. The fourth-order valence-electron chi connectivity index (χ4n) is 6.04. The Hall–Kier alpha value is -1.43. The van der Waals surface area contributed by atoms with Crippen molar-refractivity contribution in [2.45, 2.75) is 76.4 Å². The predicted molar refractivity (Wildman–Crippen MR) is 126 cm³/mol. The van der Waals surface area contributed by atoms with Crippen LogP contribution < -0.4 is 4.74 Å². The maximum absolute atomic E-state index is 12.3. The molecule has 1 saturated carbocycles. The van der Waals surface area contributed by atoms with Gasteiger partial charge < -0.3 is 19.1 Å². The van der Waals surface area contributed by atoms with Crippen molar-refractivity contribution in [1.29, 1.82) is 0 Å². The van der Waals surface area contributed by atoms with Gasteiger partial charge in [-0.1, -0.05) is 25.0 Å². The first-order chi connectivity index (χ1) is 15.7. The van der Waals surface area contributed by atoms with Crippen LogP contribution >= 0.6 is 0 Å². The van der Waals surface area contributed by atoms with Crippen LogP contribution in [-0.2, 0) is 20.7 Å². The van der Waals surface area contributed by atoms with Crippen LogP contribution in [0.5, 0.6) is 5.75 Å². The molecule has 0 aromatic heterocycles. The van der Waals surface area contributed by atoms with E-state index in [4.69, 9.17) is 14.2 Å². The second kappa shape index (κ2) is 11.6. The summed E-state index contributed by atoms with van der Waals surface area (Å²) in [5.74, 6) is 3.49. The Balaban J connectivity index is 1.13. The lowest BCUT2D eigenvalue weighted by Gasteiger charge is -2.35. The highest BCUT2D eigenvalue weighted by Gasteiger charge is 2.27. The van der Waals surface area contributed by atoms with E-state index in [-0.39, 0.29) is 12.1 Å². The van der Waals surface area contributed by atoms with Crippen LogP contribution in [0, 0.1) is 11.8 Å². The number of nitrogens with zero attached hydrogens (tertiary/aromatic N) is 1. The average Bonchev–Trinajstić information content (AvgIpc) is 3.31. The van der Waals surface area contributed by atoms with Crippen molar-refractivity contribution in [1.82, 2.24) is 4.90 Å². The van der Waals surface area contributed by atoms with E-state index >= 15 is 0 Å². The molecule has 178 valence electrons. The van der Waals surface area contributed by atoms with E-state index in [9.17, 15) is 4.79 Å². The van der Waals surface area contributed by atoms with E-state index < -0.39 is 0 Å². The monoisotopic (exact) mass is 443 g/mol. The molecular weight excluding hydrogens is 402 g/mol. The molecule has 2 heterocycles. The minimum atomic E-state index is -0.390. The second-order valence-electron chi connectivity index (χ2n) is 10.1. The van der Waals surface area contributed by atoms with E-state index in [0.29, 0.717) is 24.7 Å². The van der Waals surface area contributed by atoms with Gasteiger partial charge in [-0.3, -0.25) is 4.79 Å². The molecular formula is C27H41NO4. The third-order valence-electron chi connectivity index (χ3n) is 8.06. The Morgan fingerprint density at radius 3 is 2.50 bits per heavy atom. The maximum atomic E-state index is 12.3. The molecule has 32 heavy (non-hydrogen) atoms. The summed E-state index contributed by atoms with van der Waals surface area (Å²) in [5, 5.41) is 0. The SMILES string of the molecule is COC(CC(=O)CC1CCC(CCN2CCC(c3cccc4c3CCO4)CC2)CC1)OC. The molecule has 0 amide bonds. The minimum absolute atomic E-state index is 0.278. The van der Waals surface area contributed by atoms with Crippen molar-refractivity contribution in [3.63, 3.8) is 0 Å². The van der Waals surface area contributed by atoms with Crippen molar-refractivity contribution in [3.05, 3.63) is 29.3 Å². The molecule has 1 saturated heterocycles. The van der Waals surface area contributed by atoms with E-state index in [1.165, 1.54) is 70.1 Å². The molecule has 1 aliphatic carbocycles. The topological polar surface area (TPSA) is 48.0 Å². The molecule has 2 fully saturated rings. The number of carbonyl (C=O) groups is 1. The highest BCUT2D eigenvalue weighted by molar-refractivity contribution is 5.79. The predicted octanol–water partition coefficient (Wildman–Crippen LogP) is 4.97. The summed E-state index contributed by atoms with van der Waals surface area (Å²) in [7, 11) is 3.19. The lowest BCUT2D eigenvalue weighted by molar-refractivity contribution is -0.138. The summed E-state index contributed by atoms with van der Waals surface area (Å²) < 4.78 is 16.1. The molecule has 1 aromatic carbocycles.